The Morgan fingerprint density at radius 1 is 1.00 bits per heavy atom. The number of nitrogens with zero attached hydrogens (tertiary/aromatic N) is 1. The minimum Gasteiger partial charge on any atom is -0.294 e. The Hall–Kier alpha value is -1.81. The summed E-state index contributed by atoms with van der Waals surface area (Å²) >= 11 is 0. The third-order valence-electron chi connectivity index (χ3n) is 3.20. The second kappa shape index (κ2) is 9.26. The first-order valence-electron chi connectivity index (χ1n) is 7.19. The molecule has 0 amide bonds. The molecule has 0 radical (unpaired) electrons. The van der Waals surface area contributed by atoms with E-state index in [-0.39, 0.29) is 19.3 Å². The number of pyridine rings is 1. The number of nitrogen functional groups attached to an aromatic ring is 1. The highest BCUT2D eigenvalue weighted by molar-refractivity contribution is 7.59. The van der Waals surface area contributed by atoms with Crippen molar-refractivity contribution in [1.29, 1.82) is 0 Å². The molecule has 1 aromatic carbocycles. The van der Waals surface area contributed by atoms with Gasteiger partial charge in [0, 0.05) is 19.4 Å². The van der Waals surface area contributed by atoms with E-state index in [2.05, 4.69) is 39.0 Å². The zero-order valence-electron chi connectivity index (χ0n) is 14.1. The highest BCUT2D eigenvalue weighted by Gasteiger charge is 2.09. The Morgan fingerprint density at radius 3 is 1.82 bits per heavy atom. The molecular weight excluding hydrogens is 292 g/mol. The van der Waals surface area contributed by atoms with E-state index >= 15 is 0 Å². The molecule has 120 valence electrons. The van der Waals surface area contributed by atoms with Crippen molar-refractivity contribution in [2.45, 2.75) is 41.0 Å². The smallest absolute Gasteiger partial charge is 0.210 e. The number of hydrogen-bond donors (Lipinski definition) is 1. The lowest BCUT2D eigenvalue weighted by Crippen LogP contribution is -2.47. The average molecular weight is 319 g/mol. The Morgan fingerprint density at radius 2 is 1.45 bits per heavy atom. The van der Waals surface area contributed by atoms with Crippen LogP contribution in [0.4, 0.5) is 0 Å². The molecule has 22 heavy (non-hydrogen) atoms. The van der Waals surface area contributed by atoms with Gasteiger partial charge in [-0.3, -0.25) is 4.79 Å². The van der Waals surface area contributed by atoms with E-state index in [1.165, 1.54) is 21.4 Å². The van der Waals surface area contributed by atoms with Gasteiger partial charge in [-0.25, -0.2) is 5.84 Å². The summed E-state index contributed by atoms with van der Waals surface area (Å²) in [7, 11) is 0. The zero-order valence-corrected chi connectivity index (χ0v) is 15.1. The lowest BCUT2D eigenvalue weighted by Gasteiger charge is -1.96. The van der Waals surface area contributed by atoms with Crippen molar-refractivity contribution in [3.05, 3.63) is 64.5 Å². The van der Waals surface area contributed by atoms with Crippen LogP contribution in [-0.4, -0.2) is 5.78 Å². The summed E-state index contributed by atoms with van der Waals surface area (Å²) in [5.41, 5.74) is 5.67. The number of benzene rings is 1. The fourth-order valence-corrected chi connectivity index (χ4v) is 2.16. The minimum absolute atomic E-state index is 0. The molecule has 1 aromatic heterocycles. The lowest BCUT2D eigenvalue weighted by molar-refractivity contribution is -0.645. The van der Waals surface area contributed by atoms with Crippen LogP contribution >= 0.6 is 13.5 Å². The first-order chi connectivity index (χ1) is 9.83. The van der Waals surface area contributed by atoms with Crippen LogP contribution in [-0.2, 0) is 0 Å². The van der Waals surface area contributed by atoms with Gasteiger partial charge in [-0.15, -0.1) is 0 Å². The van der Waals surface area contributed by atoms with Gasteiger partial charge >= 0.3 is 0 Å². The molecule has 2 aromatic rings. The van der Waals surface area contributed by atoms with Gasteiger partial charge in [0.05, 0.1) is 5.56 Å². The Bertz CT molecular complexity index is 589. The van der Waals surface area contributed by atoms with Crippen molar-refractivity contribution in [2.24, 2.45) is 0 Å². The van der Waals surface area contributed by atoms with E-state index in [1.54, 1.807) is 12.3 Å². The second-order valence-electron chi connectivity index (χ2n) is 5.41. The maximum atomic E-state index is 11.2. The molecule has 4 heteroatoms. The predicted molar refractivity (Wildman–Crippen MR) is 97.2 cm³/mol. The molecule has 0 saturated heterocycles. The van der Waals surface area contributed by atoms with E-state index < -0.39 is 0 Å². The monoisotopic (exact) mass is 319 g/mol. The standard InChI is InChI=1S/C9H13N2O.C9H12.H2S/c1-3-9(12)8-5-4-7(2)11(10)6-8;1-7-4-8(2)6-9(3)5-7;/h4-6H,3,10H2,1-2H3;4-6H,1-3H3;1H2/q+1;;. The van der Waals surface area contributed by atoms with Gasteiger partial charge in [0.2, 0.25) is 11.9 Å². The van der Waals surface area contributed by atoms with E-state index in [1.807, 2.05) is 19.9 Å². The summed E-state index contributed by atoms with van der Waals surface area (Å²) in [4.78, 5) is 11.2. The van der Waals surface area contributed by atoms with Crippen LogP contribution < -0.4 is 10.5 Å². The quantitative estimate of drug-likeness (QED) is 0.524. The fraction of sp³-hybridized carbons (Fsp3) is 0.333. The zero-order chi connectivity index (χ0) is 16.0. The fourth-order valence-electron chi connectivity index (χ4n) is 2.16. The summed E-state index contributed by atoms with van der Waals surface area (Å²) in [5, 5.41) is 0. The van der Waals surface area contributed by atoms with Gasteiger partial charge < -0.3 is 0 Å². The summed E-state index contributed by atoms with van der Waals surface area (Å²) in [6.07, 6.45) is 2.17. The van der Waals surface area contributed by atoms with Crippen LogP contribution in [0.2, 0.25) is 0 Å². The van der Waals surface area contributed by atoms with E-state index in [9.17, 15) is 4.79 Å². The van der Waals surface area contributed by atoms with Crippen molar-refractivity contribution >= 4 is 19.3 Å². The van der Waals surface area contributed by atoms with Crippen molar-refractivity contribution in [3.8, 4) is 0 Å². The third kappa shape index (κ3) is 6.31. The van der Waals surface area contributed by atoms with Crippen molar-refractivity contribution in [1.82, 2.24) is 0 Å². The molecule has 0 atom stereocenters. The lowest BCUT2D eigenvalue weighted by atomic mass is 10.1. The number of ketones is 1. The number of carbonyl (C=O) groups is 1. The molecule has 0 spiro atoms. The van der Waals surface area contributed by atoms with E-state index in [4.69, 9.17) is 5.84 Å². The van der Waals surface area contributed by atoms with Gasteiger partial charge in [-0.1, -0.05) is 46.5 Å². The number of aryl methyl sites for hydroxylation is 4. The van der Waals surface area contributed by atoms with Crippen LogP contribution in [0.25, 0.3) is 0 Å². The van der Waals surface area contributed by atoms with E-state index in [0.717, 1.165) is 5.69 Å². The summed E-state index contributed by atoms with van der Waals surface area (Å²) in [5.74, 6) is 5.70. The Balaban J connectivity index is 0.000000397. The molecular formula is C18H27N2OS+. The molecule has 0 aliphatic rings. The highest BCUT2D eigenvalue weighted by atomic mass is 32.1. The highest BCUT2D eigenvalue weighted by Crippen LogP contribution is 2.06. The molecule has 0 aliphatic carbocycles. The number of Topliss-reactive ketones (excluding diaryl/α,β-unsaturated/α-hetero) is 1. The number of nitrogens with two attached hydrogens (primary N) is 1. The number of aromatic nitrogens is 1. The molecule has 2 N–H and O–H groups in total. The van der Waals surface area contributed by atoms with Crippen molar-refractivity contribution < 1.29 is 9.47 Å². The van der Waals surface area contributed by atoms with Crippen LogP contribution in [0.5, 0.6) is 0 Å². The van der Waals surface area contributed by atoms with Crippen LogP contribution in [0.1, 0.15) is 46.1 Å². The van der Waals surface area contributed by atoms with Gasteiger partial charge in [-0.05, 0) is 26.8 Å². The van der Waals surface area contributed by atoms with Crippen molar-refractivity contribution in [2.75, 3.05) is 5.84 Å². The average Bonchev–Trinajstić information content (AvgIpc) is 2.40. The molecule has 0 saturated carbocycles. The van der Waals surface area contributed by atoms with Crippen LogP contribution in [0.15, 0.2) is 36.5 Å². The topological polar surface area (TPSA) is 47.0 Å². The molecule has 1 heterocycles. The third-order valence-corrected chi connectivity index (χ3v) is 3.20. The summed E-state index contributed by atoms with van der Waals surface area (Å²) in [6, 6.07) is 10.2. The Kier molecular flexibility index (Phi) is 8.50. The number of hydrogen-bond acceptors (Lipinski definition) is 2. The maximum Gasteiger partial charge on any atom is 0.210 e. The van der Waals surface area contributed by atoms with Gasteiger partial charge in [0.1, 0.15) is 0 Å². The van der Waals surface area contributed by atoms with Gasteiger partial charge in [-0.2, -0.15) is 13.5 Å². The first kappa shape index (κ1) is 20.2. The van der Waals surface area contributed by atoms with Crippen LogP contribution in [0.3, 0.4) is 0 Å². The molecule has 2 rings (SSSR count). The molecule has 3 nitrogen and oxygen atoms in total. The Labute approximate surface area is 140 Å². The molecule has 0 unspecified atom stereocenters. The molecule has 0 fully saturated rings. The SMILES string of the molecule is CCC(=O)c1ccc(C)[n+](N)c1.Cc1cc(C)cc(C)c1.S. The second-order valence-corrected chi connectivity index (χ2v) is 5.41. The predicted octanol–water partition coefficient (Wildman–Crippen LogP) is 3.31. The number of rotatable bonds is 2. The largest absolute Gasteiger partial charge is 0.294 e. The minimum atomic E-state index is 0. The number of carbonyl (C=O) groups excluding carboxylic acids is 1. The molecule has 0 aliphatic heterocycles. The van der Waals surface area contributed by atoms with Crippen LogP contribution in [0, 0.1) is 27.7 Å². The van der Waals surface area contributed by atoms with E-state index in [0.29, 0.717) is 12.0 Å². The van der Waals surface area contributed by atoms with Crippen molar-refractivity contribution in [3.63, 3.8) is 0 Å². The normalized spacial score (nSPS) is 9.32. The van der Waals surface area contributed by atoms with Gasteiger partial charge in [0.25, 0.3) is 0 Å². The van der Waals surface area contributed by atoms with Gasteiger partial charge in [0.15, 0.2) is 5.78 Å². The summed E-state index contributed by atoms with van der Waals surface area (Å²) < 4.78 is 1.46. The summed E-state index contributed by atoms with van der Waals surface area (Å²) in [6.45, 7) is 10.1. The molecule has 0 bridgehead atoms. The first-order valence-corrected chi connectivity index (χ1v) is 7.19. The maximum absolute atomic E-state index is 11.2.